The molecule has 0 bridgehead atoms. The first-order valence-electron chi connectivity index (χ1n) is 7.35. The maximum absolute atomic E-state index is 11.8. The molecule has 0 heterocycles. The number of rotatable bonds is 6. The summed E-state index contributed by atoms with van der Waals surface area (Å²) < 4.78 is 10.5. The number of esters is 2. The second-order valence-electron chi connectivity index (χ2n) is 4.84. The molecule has 0 radical (unpaired) electrons. The highest BCUT2D eigenvalue weighted by atomic mass is 16.5. The first kappa shape index (κ1) is 17.7. The van der Waals surface area contributed by atoms with Crippen LogP contribution in [0.3, 0.4) is 0 Å². The number of hydrogen-bond acceptors (Lipinski definition) is 4. The molecule has 0 aliphatic heterocycles. The molecular weight excluding hydrogens is 280 g/mol. The number of carbonyl (C=O) groups is 2. The van der Waals surface area contributed by atoms with Crippen LogP contribution in [0.15, 0.2) is 47.6 Å². The molecule has 4 heteroatoms. The largest absolute Gasteiger partial charge is 0.423 e. The lowest BCUT2D eigenvalue weighted by Crippen LogP contribution is -2.11. The molecule has 0 aromatic heterocycles. The van der Waals surface area contributed by atoms with Gasteiger partial charge in [-0.05, 0) is 38.8 Å². The Morgan fingerprint density at radius 3 is 1.68 bits per heavy atom. The van der Waals surface area contributed by atoms with E-state index >= 15 is 0 Å². The fraction of sp³-hybridized carbons (Fsp3) is 0.333. The topological polar surface area (TPSA) is 52.6 Å². The molecule has 4 nitrogen and oxygen atoms in total. The number of hydrogen-bond donors (Lipinski definition) is 0. The summed E-state index contributed by atoms with van der Waals surface area (Å²) in [5.74, 6) is -0.132. The zero-order valence-electron chi connectivity index (χ0n) is 13.5. The monoisotopic (exact) mass is 302 g/mol. The molecule has 0 unspecified atom stereocenters. The summed E-state index contributed by atoms with van der Waals surface area (Å²) in [5, 5.41) is 0. The van der Waals surface area contributed by atoms with Crippen LogP contribution in [0.5, 0.6) is 11.5 Å². The standard InChI is InChI=1S/C18H22O4/c1-5-8-13(3)17(19)21-15-10-7-11-16(12-15)22-18(20)14(4)9-6-2/h7-12H,5-6H2,1-4H3. The van der Waals surface area contributed by atoms with E-state index < -0.39 is 11.9 Å². The molecule has 0 aliphatic rings. The minimum absolute atomic E-state index is 0.344. The molecule has 0 amide bonds. The summed E-state index contributed by atoms with van der Waals surface area (Å²) >= 11 is 0. The van der Waals surface area contributed by atoms with Gasteiger partial charge in [-0.15, -0.1) is 0 Å². The molecule has 1 rings (SSSR count). The smallest absolute Gasteiger partial charge is 0.338 e. The molecule has 118 valence electrons. The highest BCUT2D eigenvalue weighted by molar-refractivity contribution is 5.90. The lowest BCUT2D eigenvalue weighted by molar-refractivity contribution is -0.130. The van der Waals surface area contributed by atoms with Crippen LogP contribution in [-0.4, -0.2) is 11.9 Å². The van der Waals surface area contributed by atoms with Crippen LogP contribution in [0.2, 0.25) is 0 Å². The minimum Gasteiger partial charge on any atom is -0.423 e. The maximum Gasteiger partial charge on any atom is 0.338 e. The van der Waals surface area contributed by atoms with Gasteiger partial charge in [0.1, 0.15) is 11.5 Å². The second-order valence-corrected chi connectivity index (χ2v) is 4.84. The Hall–Kier alpha value is -2.36. The Balaban J connectivity index is 2.78. The summed E-state index contributed by atoms with van der Waals surface area (Å²) in [7, 11) is 0. The normalized spacial score (nSPS) is 12.0. The first-order valence-corrected chi connectivity index (χ1v) is 7.35. The van der Waals surface area contributed by atoms with Crippen LogP contribution in [0.1, 0.15) is 40.5 Å². The van der Waals surface area contributed by atoms with Crippen molar-refractivity contribution in [2.24, 2.45) is 0 Å². The van der Waals surface area contributed by atoms with Crippen LogP contribution in [-0.2, 0) is 9.59 Å². The van der Waals surface area contributed by atoms with Gasteiger partial charge in [-0.25, -0.2) is 9.59 Å². The summed E-state index contributed by atoms with van der Waals surface area (Å²) in [5.41, 5.74) is 1.10. The van der Waals surface area contributed by atoms with Crippen LogP contribution in [0.25, 0.3) is 0 Å². The Morgan fingerprint density at radius 1 is 0.909 bits per heavy atom. The Bertz CT molecular complexity index is 548. The van der Waals surface area contributed by atoms with Crippen molar-refractivity contribution >= 4 is 11.9 Å². The molecule has 0 aliphatic carbocycles. The van der Waals surface area contributed by atoms with Crippen LogP contribution < -0.4 is 9.47 Å². The third-order valence-corrected chi connectivity index (χ3v) is 2.89. The van der Waals surface area contributed by atoms with E-state index in [1.807, 2.05) is 13.8 Å². The fourth-order valence-corrected chi connectivity index (χ4v) is 1.76. The van der Waals surface area contributed by atoms with Gasteiger partial charge < -0.3 is 9.47 Å². The van der Waals surface area contributed by atoms with E-state index in [1.54, 1.807) is 44.2 Å². The second kappa shape index (κ2) is 8.82. The Labute approximate surface area is 131 Å². The van der Waals surface area contributed by atoms with Crippen molar-refractivity contribution < 1.29 is 19.1 Å². The molecule has 1 aromatic rings. The van der Waals surface area contributed by atoms with Gasteiger partial charge in [0.2, 0.25) is 0 Å². The van der Waals surface area contributed by atoms with Crippen LogP contribution >= 0.6 is 0 Å². The average Bonchev–Trinajstić information content (AvgIpc) is 2.48. The molecule has 22 heavy (non-hydrogen) atoms. The highest BCUT2D eigenvalue weighted by Crippen LogP contribution is 2.21. The Kier molecular flexibility index (Phi) is 7.09. The molecule has 0 saturated heterocycles. The lowest BCUT2D eigenvalue weighted by Gasteiger charge is -2.08. The van der Waals surface area contributed by atoms with Crippen molar-refractivity contribution in [2.75, 3.05) is 0 Å². The zero-order chi connectivity index (χ0) is 16.5. The third kappa shape index (κ3) is 5.56. The maximum atomic E-state index is 11.8. The minimum atomic E-state index is -0.410. The molecule has 1 aromatic carbocycles. The van der Waals surface area contributed by atoms with E-state index in [-0.39, 0.29) is 0 Å². The van der Waals surface area contributed by atoms with Gasteiger partial charge >= 0.3 is 11.9 Å². The lowest BCUT2D eigenvalue weighted by atomic mass is 10.2. The third-order valence-electron chi connectivity index (χ3n) is 2.89. The molecule has 0 atom stereocenters. The van der Waals surface area contributed by atoms with Crippen molar-refractivity contribution in [1.29, 1.82) is 0 Å². The van der Waals surface area contributed by atoms with E-state index in [0.29, 0.717) is 22.6 Å². The number of carbonyl (C=O) groups excluding carboxylic acids is 2. The summed E-state index contributed by atoms with van der Waals surface area (Å²) in [6, 6.07) is 6.48. The molecule has 0 fully saturated rings. The van der Waals surface area contributed by atoms with Gasteiger partial charge in [-0.1, -0.05) is 32.1 Å². The SMILES string of the molecule is CCC=C(C)C(=O)Oc1cccc(OC(=O)C(C)=CCC)c1. The first-order chi connectivity index (χ1) is 10.5. The summed E-state index contributed by atoms with van der Waals surface area (Å²) in [6.45, 7) is 7.30. The predicted molar refractivity (Wildman–Crippen MR) is 85.8 cm³/mol. The summed E-state index contributed by atoms with van der Waals surface area (Å²) in [6.07, 6.45) is 5.12. The van der Waals surface area contributed by atoms with Crippen LogP contribution in [0, 0.1) is 0 Å². The van der Waals surface area contributed by atoms with E-state index in [4.69, 9.17) is 9.47 Å². The average molecular weight is 302 g/mol. The summed E-state index contributed by atoms with van der Waals surface area (Å²) in [4.78, 5) is 23.6. The number of allylic oxidation sites excluding steroid dienone is 2. The van der Waals surface area contributed by atoms with E-state index in [2.05, 4.69) is 0 Å². The van der Waals surface area contributed by atoms with Crippen molar-refractivity contribution in [1.82, 2.24) is 0 Å². The van der Waals surface area contributed by atoms with Crippen molar-refractivity contribution in [3.8, 4) is 11.5 Å². The predicted octanol–water partition coefficient (Wildman–Crippen LogP) is 4.21. The highest BCUT2D eigenvalue weighted by Gasteiger charge is 2.10. The molecular formula is C18H22O4. The molecule has 0 saturated carbocycles. The van der Waals surface area contributed by atoms with Crippen molar-refractivity contribution in [3.63, 3.8) is 0 Å². The van der Waals surface area contributed by atoms with E-state index in [9.17, 15) is 9.59 Å². The zero-order valence-corrected chi connectivity index (χ0v) is 13.5. The van der Waals surface area contributed by atoms with Crippen LogP contribution in [0.4, 0.5) is 0 Å². The number of ether oxygens (including phenoxy) is 2. The quantitative estimate of drug-likeness (QED) is 0.449. The molecule has 0 N–H and O–H groups in total. The van der Waals surface area contributed by atoms with Gasteiger partial charge in [0.05, 0.1) is 0 Å². The van der Waals surface area contributed by atoms with Crippen molar-refractivity contribution in [2.45, 2.75) is 40.5 Å². The van der Waals surface area contributed by atoms with Gasteiger partial charge in [0, 0.05) is 17.2 Å². The Morgan fingerprint density at radius 2 is 1.32 bits per heavy atom. The fourth-order valence-electron chi connectivity index (χ4n) is 1.76. The van der Waals surface area contributed by atoms with Gasteiger partial charge in [-0.3, -0.25) is 0 Å². The molecule has 0 spiro atoms. The van der Waals surface area contributed by atoms with E-state index in [0.717, 1.165) is 12.8 Å². The van der Waals surface area contributed by atoms with Gasteiger partial charge in [-0.2, -0.15) is 0 Å². The van der Waals surface area contributed by atoms with Gasteiger partial charge in [0.15, 0.2) is 0 Å². The van der Waals surface area contributed by atoms with Crippen molar-refractivity contribution in [3.05, 3.63) is 47.6 Å². The van der Waals surface area contributed by atoms with E-state index in [1.165, 1.54) is 6.07 Å². The number of benzene rings is 1. The van der Waals surface area contributed by atoms with Gasteiger partial charge in [0.25, 0.3) is 0 Å².